The summed E-state index contributed by atoms with van der Waals surface area (Å²) in [5.74, 6) is -2.02. The van der Waals surface area contributed by atoms with Crippen molar-refractivity contribution in [1.29, 1.82) is 0 Å². The van der Waals surface area contributed by atoms with Gasteiger partial charge in [-0.2, -0.15) is 5.10 Å². The second-order valence-corrected chi connectivity index (χ2v) is 9.50. The van der Waals surface area contributed by atoms with Crippen LogP contribution in [0.4, 0.5) is 8.78 Å². The Morgan fingerprint density at radius 2 is 1.95 bits per heavy atom. The van der Waals surface area contributed by atoms with Gasteiger partial charge in [-0.15, -0.1) is 0 Å². The highest BCUT2D eigenvalue weighted by molar-refractivity contribution is 5.95. The first-order valence-electron chi connectivity index (χ1n) is 12.1. The van der Waals surface area contributed by atoms with Crippen LogP contribution >= 0.6 is 0 Å². The van der Waals surface area contributed by atoms with E-state index in [1.165, 1.54) is 0 Å². The largest absolute Gasteiger partial charge is 0.336 e. The zero-order valence-corrected chi connectivity index (χ0v) is 19.7. The number of likely N-dealkylation sites (tertiary alicyclic amines) is 1. The van der Waals surface area contributed by atoms with E-state index in [-0.39, 0.29) is 13.0 Å². The topological polar surface area (TPSA) is 99.3 Å². The lowest BCUT2D eigenvalue weighted by Crippen LogP contribution is -2.24. The number of nitrogens with one attached hydrogen (secondary N) is 2. The van der Waals surface area contributed by atoms with Crippen molar-refractivity contribution in [3.8, 4) is 22.8 Å². The summed E-state index contributed by atoms with van der Waals surface area (Å²) in [4.78, 5) is 23.8. The predicted octanol–water partition coefficient (Wildman–Crippen LogP) is 5.14. The monoisotopic (exact) mass is 496 g/mol. The number of nitrogens with zero attached hydrogens (tertiary/aromatic N) is 6. The van der Waals surface area contributed by atoms with Crippen molar-refractivity contribution in [1.82, 2.24) is 40.0 Å². The molecule has 0 amide bonds. The van der Waals surface area contributed by atoms with Crippen molar-refractivity contribution in [2.75, 3.05) is 13.1 Å². The van der Waals surface area contributed by atoms with Crippen LogP contribution in [0.2, 0.25) is 0 Å². The third-order valence-electron chi connectivity index (χ3n) is 6.82. The summed E-state index contributed by atoms with van der Waals surface area (Å²) >= 11 is 0. The molecule has 7 rings (SSSR count). The van der Waals surface area contributed by atoms with Gasteiger partial charge < -0.3 is 4.98 Å². The highest BCUT2D eigenvalue weighted by atomic mass is 19.3. The van der Waals surface area contributed by atoms with Gasteiger partial charge >= 0.3 is 0 Å². The highest BCUT2D eigenvalue weighted by Gasteiger charge is 2.37. The summed E-state index contributed by atoms with van der Waals surface area (Å²) in [7, 11) is 0. The average molecular weight is 497 g/mol. The van der Waals surface area contributed by atoms with E-state index in [4.69, 9.17) is 9.97 Å². The van der Waals surface area contributed by atoms with Crippen molar-refractivity contribution in [2.24, 2.45) is 0 Å². The Balaban J connectivity index is 1.24. The van der Waals surface area contributed by atoms with Crippen LogP contribution in [0.3, 0.4) is 0 Å². The molecule has 1 saturated heterocycles. The smallest absolute Gasteiger partial charge is 0.261 e. The zero-order valence-electron chi connectivity index (χ0n) is 19.7. The molecule has 5 aromatic heterocycles. The van der Waals surface area contributed by atoms with Crippen LogP contribution in [-0.4, -0.2) is 59.0 Å². The molecule has 0 radical (unpaired) electrons. The quantitative estimate of drug-likeness (QED) is 0.350. The van der Waals surface area contributed by atoms with Crippen molar-refractivity contribution < 1.29 is 8.78 Å². The number of aromatic nitrogens is 7. The lowest BCUT2D eigenvalue weighted by Gasteiger charge is -2.15. The number of imidazole rings is 1. The van der Waals surface area contributed by atoms with Crippen LogP contribution in [0.1, 0.15) is 24.1 Å². The molecule has 1 aliphatic carbocycles. The minimum absolute atomic E-state index is 0.102. The molecule has 0 unspecified atom stereocenters. The van der Waals surface area contributed by atoms with Crippen molar-refractivity contribution in [3.63, 3.8) is 0 Å². The van der Waals surface area contributed by atoms with Crippen LogP contribution in [0.25, 0.3) is 50.4 Å². The van der Waals surface area contributed by atoms with Crippen LogP contribution < -0.4 is 0 Å². The van der Waals surface area contributed by atoms with Crippen LogP contribution in [-0.2, 0) is 6.54 Å². The molecule has 1 aliphatic heterocycles. The van der Waals surface area contributed by atoms with E-state index in [0.29, 0.717) is 30.1 Å². The average Bonchev–Trinajstić information content (AvgIpc) is 3.69. The van der Waals surface area contributed by atoms with Gasteiger partial charge in [-0.3, -0.25) is 20.0 Å². The number of hydrogen-bond donors (Lipinski definition) is 2. The summed E-state index contributed by atoms with van der Waals surface area (Å²) in [6, 6.07) is 7.68. The van der Waals surface area contributed by atoms with Crippen molar-refractivity contribution in [3.05, 3.63) is 72.3 Å². The molecule has 0 bridgehead atoms. The number of halogens is 2. The lowest BCUT2D eigenvalue weighted by atomic mass is 10.1. The molecule has 0 spiro atoms. The molecule has 37 heavy (non-hydrogen) atoms. The number of H-pyrrole nitrogens is 2. The van der Waals surface area contributed by atoms with E-state index >= 15 is 0 Å². The Morgan fingerprint density at radius 1 is 1.03 bits per heavy atom. The Bertz CT molecular complexity index is 1710. The van der Waals surface area contributed by atoms with Gasteiger partial charge in [-0.25, -0.2) is 18.7 Å². The van der Waals surface area contributed by atoms with Gasteiger partial charge in [0.25, 0.3) is 5.92 Å². The Labute approximate surface area is 210 Å². The maximum absolute atomic E-state index is 13.6. The van der Waals surface area contributed by atoms with Gasteiger partial charge in [0.05, 0.1) is 29.0 Å². The second kappa shape index (κ2) is 8.38. The van der Waals surface area contributed by atoms with E-state index < -0.39 is 5.92 Å². The number of pyridine rings is 3. The normalized spacial score (nSPS) is 17.3. The molecule has 2 aliphatic rings. The molecule has 1 fully saturated rings. The van der Waals surface area contributed by atoms with Gasteiger partial charge in [0, 0.05) is 43.7 Å². The maximum Gasteiger partial charge on any atom is 0.261 e. The minimum atomic E-state index is -2.62. The lowest BCUT2D eigenvalue weighted by molar-refractivity contribution is 0.0115. The number of allylic oxidation sites excluding steroid dienone is 4. The highest BCUT2D eigenvalue weighted by Crippen LogP contribution is 2.31. The Morgan fingerprint density at radius 3 is 2.78 bits per heavy atom. The first-order chi connectivity index (χ1) is 18.0. The van der Waals surface area contributed by atoms with Crippen LogP contribution in [0.5, 0.6) is 0 Å². The molecule has 10 heteroatoms. The first-order valence-corrected chi connectivity index (χ1v) is 12.1. The van der Waals surface area contributed by atoms with Gasteiger partial charge in [-0.05, 0) is 41.8 Å². The number of fused-ring (bicyclic) bond motifs is 2. The maximum atomic E-state index is 13.6. The molecule has 8 nitrogen and oxygen atoms in total. The van der Waals surface area contributed by atoms with Crippen LogP contribution in [0, 0.1) is 0 Å². The molecule has 0 atom stereocenters. The Hall–Kier alpha value is -4.31. The van der Waals surface area contributed by atoms with E-state index in [9.17, 15) is 8.78 Å². The molecule has 6 heterocycles. The fraction of sp³-hybridized carbons (Fsp3) is 0.222. The molecule has 0 saturated carbocycles. The number of aromatic amines is 2. The molecule has 184 valence electrons. The van der Waals surface area contributed by atoms with Crippen LogP contribution in [0.15, 0.2) is 61.1 Å². The summed E-state index contributed by atoms with van der Waals surface area (Å²) in [5, 5.41) is 7.54. The number of rotatable bonds is 5. The SMILES string of the molecule is FC1(F)CCN(Cc2cncc(-c3ccc4[nH]nc(-c5nc6c(C7=CCC=C7)nccc6[nH]5)c4n3)c2)C1. The van der Waals surface area contributed by atoms with E-state index in [0.717, 1.165) is 51.1 Å². The third-order valence-corrected chi connectivity index (χ3v) is 6.82. The minimum Gasteiger partial charge on any atom is -0.336 e. The summed E-state index contributed by atoms with van der Waals surface area (Å²) in [6.45, 7) is 0.584. The van der Waals surface area contributed by atoms with E-state index in [1.807, 2.05) is 24.3 Å². The van der Waals surface area contributed by atoms with E-state index in [1.54, 1.807) is 23.5 Å². The van der Waals surface area contributed by atoms with Crippen molar-refractivity contribution >= 4 is 27.6 Å². The molecular formula is C27H22F2N8. The summed E-state index contributed by atoms with van der Waals surface area (Å²) in [6.07, 6.45) is 12.3. The zero-order chi connectivity index (χ0) is 25.0. The molecule has 2 N–H and O–H groups in total. The third kappa shape index (κ3) is 3.99. The van der Waals surface area contributed by atoms with Gasteiger partial charge in [0.15, 0.2) is 11.5 Å². The fourth-order valence-corrected chi connectivity index (χ4v) is 5.03. The number of alkyl halides is 2. The first kappa shape index (κ1) is 21.9. The summed E-state index contributed by atoms with van der Waals surface area (Å²) < 4.78 is 27.2. The molecule has 5 aromatic rings. The van der Waals surface area contributed by atoms with Gasteiger partial charge in [0.2, 0.25) is 0 Å². The number of hydrogen-bond acceptors (Lipinski definition) is 6. The fourth-order valence-electron chi connectivity index (χ4n) is 5.03. The summed E-state index contributed by atoms with van der Waals surface area (Å²) in [5.41, 5.74) is 8.02. The standard InChI is InChI=1S/C27H22F2N8/c28-27(29)8-10-37(15-27)14-16-11-18(13-30-12-16)19-5-6-21-24(32-19)25(36-35-21)26-33-20-7-9-31-22(23(20)34-26)17-3-1-2-4-17/h1,3-7,9,11-13H,2,8,10,14-15H2,(H,33,34)(H,35,36). The predicted molar refractivity (Wildman–Crippen MR) is 137 cm³/mol. The van der Waals surface area contributed by atoms with E-state index in [2.05, 4.69) is 43.4 Å². The Kier molecular flexibility index (Phi) is 4.97. The van der Waals surface area contributed by atoms with Crippen molar-refractivity contribution in [2.45, 2.75) is 25.3 Å². The van der Waals surface area contributed by atoms with Gasteiger partial charge in [0.1, 0.15) is 11.0 Å². The molecular weight excluding hydrogens is 474 g/mol. The van der Waals surface area contributed by atoms with Gasteiger partial charge in [-0.1, -0.05) is 18.2 Å². The molecule has 0 aromatic carbocycles. The second-order valence-electron chi connectivity index (χ2n) is 9.50.